The molecule has 0 spiro atoms. The summed E-state index contributed by atoms with van der Waals surface area (Å²) in [7, 11) is -3.97. The van der Waals surface area contributed by atoms with E-state index in [0.717, 1.165) is 16.7 Å². The normalized spacial score (nSPS) is 13.4. The molecular weight excluding hydrogens is 436 g/mol. The molecule has 1 heterocycles. The van der Waals surface area contributed by atoms with Gasteiger partial charge in [-0.05, 0) is 46.1 Å². The number of hydrogen-bond donors (Lipinski definition) is 2. The summed E-state index contributed by atoms with van der Waals surface area (Å²) in [5, 5.41) is 9.96. The Kier molecular flexibility index (Phi) is 7.05. The van der Waals surface area contributed by atoms with Crippen molar-refractivity contribution in [2.75, 3.05) is 0 Å². The summed E-state index contributed by atoms with van der Waals surface area (Å²) in [4.78, 5) is 11.7. The molecule has 1 aromatic heterocycles. The lowest BCUT2D eigenvalue weighted by Crippen LogP contribution is -2.32. The van der Waals surface area contributed by atoms with Crippen molar-refractivity contribution in [2.45, 2.75) is 76.7 Å². The van der Waals surface area contributed by atoms with Gasteiger partial charge in [0.2, 0.25) is 0 Å². The average Bonchev–Trinajstić information content (AvgIpc) is 3.11. The zero-order valence-corrected chi connectivity index (χ0v) is 21.0. The first-order valence-electron chi connectivity index (χ1n) is 11.4. The predicted molar refractivity (Wildman–Crippen MR) is 133 cm³/mol. The van der Waals surface area contributed by atoms with Crippen molar-refractivity contribution in [3.8, 4) is 0 Å². The molecule has 0 radical (unpaired) electrons. The fourth-order valence-electron chi connectivity index (χ4n) is 4.19. The van der Waals surface area contributed by atoms with E-state index >= 15 is 0 Å². The summed E-state index contributed by atoms with van der Waals surface area (Å²) in [6.45, 7) is 12.2. The number of benzene rings is 2. The largest absolute Gasteiger partial charge is 0.480 e. The molecule has 1 atom stereocenters. The molecule has 178 valence electrons. The number of carboxylic acids is 1. The number of aromatic nitrogens is 1. The van der Waals surface area contributed by atoms with Crippen LogP contribution in [-0.4, -0.2) is 29.5 Å². The molecule has 2 aromatic carbocycles. The molecule has 3 N–H and O–H groups in total. The predicted octanol–water partition coefficient (Wildman–Crippen LogP) is 5.20. The van der Waals surface area contributed by atoms with E-state index in [-0.39, 0.29) is 24.2 Å². The number of aliphatic carboxylic acids is 1. The smallest absolute Gasteiger partial charge is 0.320 e. The van der Waals surface area contributed by atoms with Crippen LogP contribution in [0.1, 0.15) is 81.5 Å². The molecule has 3 rings (SSSR count). The summed E-state index contributed by atoms with van der Waals surface area (Å²) >= 11 is 0. The summed E-state index contributed by atoms with van der Waals surface area (Å²) in [6, 6.07) is 10.1. The van der Waals surface area contributed by atoms with Crippen LogP contribution in [0.15, 0.2) is 47.5 Å². The van der Waals surface area contributed by atoms with Crippen LogP contribution in [0.5, 0.6) is 0 Å². The third-order valence-electron chi connectivity index (χ3n) is 6.11. The fourth-order valence-corrected chi connectivity index (χ4v) is 6.26. The lowest BCUT2D eigenvalue weighted by atomic mass is 9.89. The van der Waals surface area contributed by atoms with Gasteiger partial charge in [-0.1, -0.05) is 71.9 Å². The van der Waals surface area contributed by atoms with Crippen molar-refractivity contribution in [1.82, 2.24) is 3.97 Å². The van der Waals surface area contributed by atoms with Gasteiger partial charge in [0.05, 0.1) is 10.4 Å². The average molecular weight is 471 g/mol. The van der Waals surface area contributed by atoms with Crippen molar-refractivity contribution in [3.63, 3.8) is 0 Å². The van der Waals surface area contributed by atoms with E-state index in [1.165, 1.54) is 10.2 Å². The standard InChI is InChI=1S/C26H34N2O4S/c1-15(2)18-11-21(16(3)4)25(22(12-18)17(5)6)33(31,32)28-14-19(13-23(27)26(29)30)20-9-7-8-10-24(20)28/h7-12,14-17,23H,13,27H2,1-6H3,(H,29,30)/t23-/m0/s1. The van der Waals surface area contributed by atoms with Crippen molar-refractivity contribution < 1.29 is 18.3 Å². The van der Waals surface area contributed by atoms with Crippen molar-refractivity contribution in [1.29, 1.82) is 0 Å². The van der Waals surface area contributed by atoms with Crippen LogP contribution in [0.2, 0.25) is 0 Å². The van der Waals surface area contributed by atoms with E-state index in [0.29, 0.717) is 21.4 Å². The number of nitrogens with two attached hydrogens (primary N) is 1. The quantitative estimate of drug-likeness (QED) is 0.471. The number of hydrogen-bond acceptors (Lipinski definition) is 4. The number of carbonyl (C=O) groups is 1. The molecule has 0 aliphatic heterocycles. The van der Waals surface area contributed by atoms with E-state index < -0.39 is 22.0 Å². The zero-order chi connectivity index (χ0) is 24.7. The Morgan fingerprint density at radius 2 is 1.52 bits per heavy atom. The maximum atomic E-state index is 14.2. The molecule has 7 heteroatoms. The van der Waals surface area contributed by atoms with E-state index in [2.05, 4.69) is 13.8 Å². The first kappa shape index (κ1) is 25.0. The van der Waals surface area contributed by atoms with E-state index in [1.807, 2.05) is 45.9 Å². The number of fused-ring (bicyclic) bond motifs is 1. The highest BCUT2D eigenvalue weighted by atomic mass is 32.2. The molecule has 0 saturated heterocycles. The Morgan fingerprint density at radius 3 is 2.00 bits per heavy atom. The molecule has 0 saturated carbocycles. The lowest BCUT2D eigenvalue weighted by molar-refractivity contribution is -0.138. The summed E-state index contributed by atoms with van der Waals surface area (Å²) in [5.41, 5.74) is 9.61. The Morgan fingerprint density at radius 1 is 0.970 bits per heavy atom. The monoisotopic (exact) mass is 470 g/mol. The van der Waals surface area contributed by atoms with Gasteiger partial charge in [-0.25, -0.2) is 12.4 Å². The minimum absolute atomic E-state index is 0.00713. The van der Waals surface area contributed by atoms with E-state index in [4.69, 9.17) is 5.73 Å². The fraction of sp³-hybridized carbons (Fsp3) is 0.423. The summed E-state index contributed by atoms with van der Waals surface area (Å²) < 4.78 is 29.8. The first-order chi connectivity index (χ1) is 15.4. The Labute approximate surface area is 196 Å². The van der Waals surface area contributed by atoms with Gasteiger partial charge in [-0.2, -0.15) is 0 Å². The van der Waals surface area contributed by atoms with Gasteiger partial charge in [0.15, 0.2) is 0 Å². The van der Waals surface area contributed by atoms with E-state index in [9.17, 15) is 18.3 Å². The van der Waals surface area contributed by atoms with Crippen molar-refractivity contribution in [2.24, 2.45) is 5.73 Å². The van der Waals surface area contributed by atoms with Crippen LogP contribution in [0.25, 0.3) is 10.9 Å². The third kappa shape index (κ3) is 4.70. The zero-order valence-electron chi connectivity index (χ0n) is 20.2. The molecule has 33 heavy (non-hydrogen) atoms. The van der Waals surface area contributed by atoms with Crippen molar-refractivity contribution in [3.05, 3.63) is 64.8 Å². The topological polar surface area (TPSA) is 102 Å². The van der Waals surface area contributed by atoms with Gasteiger partial charge >= 0.3 is 5.97 Å². The summed E-state index contributed by atoms with van der Waals surface area (Å²) in [6.07, 6.45) is 1.58. The minimum atomic E-state index is -3.97. The molecule has 0 bridgehead atoms. The third-order valence-corrected chi connectivity index (χ3v) is 7.92. The number of carboxylic acid groups (broad SMARTS) is 1. The first-order valence-corrected chi connectivity index (χ1v) is 12.8. The molecular formula is C26H34N2O4S. The highest BCUT2D eigenvalue weighted by molar-refractivity contribution is 7.90. The molecule has 0 aliphatic rings. The number of rotatable bonds is 8. The Balaban J connectivity index is 2.34. The van der Waals surface area contributed by atoms with E-state index in [1.54, 1.807) is 18.2 Å². The Bertz CT molecular complexity index is 1260. The highest BCUT2D eigenvalue weighted by Gasteiger charge is 2.30. The van der Waals surface area contributed by atoms with Crippen LogP contribution in [0, 0.1) is 0 Å². The minimum Gasteiger partial charge on any atom is -0.480 e. The molecule has 6 nitrogen and oxygen atoms in total. The second kappa shape index (κ2) is 9.31. The van der Waals surface area contributed by atoms with Gasteiger partial charge in [0.25, 0.3) is 10.0 Å². The number of nitrogens with zero attached hydrogens (tertiary/aromatic N) is 1. The maximum absolute atomic E-state index is 14.2. The van der Waals surface area contributed by atoms with Gasteiger partial charge in [0.1, 0.15) is 6.04 Å². The van der Waals surface area contributed by atoms with Crippen LogP contribution < -0.4 is 5.73 Å². The van der Waals surface area contributed by atoms with Gasteiger partial charge < -0.3 is 10.8 Å². The van der Waals surface area contributed by atoms with Crippen LogP contribution in [-0.2, 0) is 21.2 Å². The van der Waals surface area contributed by atoms with Gasteiger partial charge in [-0.15, -0.1) is 0 Å². The SMILES string of the molecule is CC(C)c1cc(C(C)C)c(S(=O)(=O)n2cc(C[C@H](N)C(=O)O)c3ccccc32)c(C(C)C)c1. The lowest BCUT2D eigenvalue weighted by Gasteiger charge is -2.23. The number of para-hydroxylation sites is 1. The Hall–Kier alpha value is -2.64. The molecule has 0 amide bonds. The second-order valence-electron chi connectivity index (χ2n) is 9.61. The van der Waals surface area contributed by atoms with Crippen molar-refractivity contribution >= 4 is 26.9 Å². The van der Waals surface area contributed by atoms with Gasteiger partial charge in [-0.3, -0.25) is 4.79 Å². The molecule has 0 aliphatic carbocycles. The van der Waals surface area contributed by atoms with Crippen LogP contribution >= 0.6 is 0 Å². The second-order valence-corrected chi connectivity index (χ2v) is 11.4. The van der Waals surface area contributed by atoms with Crippen LogP contribution in [0.4, 0.5) is 0 Å². The van der Waals surface area contributed by atoms with Crippen LogP contribution in [0.3, 0.4) is 0 Å². The molecule has 0 unspecified atom stereocenters. The maximum Gasteiger partial charge on any atom is 0.320 e. The summed E-state index contributed by atoms with van der Waals surface area (Å²) in [5.74, 6) is -0.836. The van der Waals surface area contributed by atoms with Gasteiger partial charge in [0, 0.05) is 18.0 Å². The molecule has 3 aromatic rings. The highest BCUT2D eigenvalue weighted by Crippen LogP contribution is 2.37. The molecule has 0 fully saturated rings.